The van der Waals surface area contributed by atoms with E-state index >= 15 is 0 Å². The van der Waals surface area contributed by atoms with Gasteiger partial charge < -0.3 is 10.1 Å². The summed E-state index contributed by atoms with van der Waals surface area (Å²) in [4.78, 5) is 2.13. The second-order valence-corrected chi connectivity index (χ2v) is 5.24. The van der Waals surface area contributed by atoms with E-state index in [1.807, 2.05) is 14.0 Å². The molecule has 0 spiro atoms. The molecule has 3 nitrogen and oxygen atoms in total. The number of morpholine rings is 1. The molecule has 2 unspecified atom stereocenters. The van der Waals surface area contributed by atoms with Gasteiger partial charge in [-0.1, -0.05) is 18.5 Å². The van der Waals surface area contributed by atoms with Crippen molar-refractivity contribution in [3.8, 4) is 0 Å². The van der Waals surface area contributed by atoms with Gasteiger partial charge in [0.05, 0.1) is 18.8 Å². The van der Waals surface area contributed by atoms with Crippen molar-refractivity contribution < 1.29 is 9.13 Å². The maximum Gasteiger partial charge on any atom is 0.128 e. The molecule has 2 rings (SSSR count). The Labute approximate surface area is 118 Å². The molecule has 5 heteroatoms. The molecule has 0 bridgehead atoms. The van der Waals surface area contributed by atoms with Crippen LogP contribution in [0.4, 0.5) is 4.39 Å². The van der Waals surface area contributed by atoms with Crippen molar-refractivity contribution in [1.29, 1.82) is 0 Å². The van der Waals surface area contributed by atoms with Gasteiger partial charge in [-0.25, -0.2) is 4.39 Å². The molecule has 2 atom stereocenters. The van der Waals surface area contributed by atoms with Gasteiger partial charge >= 0.3 is 0 Å². The zero-order valence-electron chi connectivity index (χ0n) is 11.3. The minimum Gasteiger partial charge on any atom is -0.374 e. The lowest BCUT2D eigenvalue weighted by molar-refractivity contribution is -0.0621. The molecule has 1 aliphatic heterocycles. The van der Waals surface area contributed by atoms with Crippen LogP contribution in [0.1, 0.15) is 18.5 Å². The fraction of sp³-hybridized carbons (Fsp3) is 0.571. The maximum absolute atomic E-state index is 14.1. The first-order chi connectivity index (χ1) is 9.13. The summed E-state index contributed by atoms with van der Waals surface area (Å²) < 4.78 is 19.9. The zero-order chi connectivity index (χ0) is 13.8. The number of benzene rings is 1. The molecule has 0 aliphatic carbocycles. The number of nitrogens with one attached hydrogen (secondary N) is 1. The summed E-state index contributed by atoms with van der Waals surface area (Å²) in [5.41, 5.74) is 0.609. The molecule has 1 heterocycles. The van der Waals surface area contributed by atoms with Crippen molar-refractivity contribution in [2.75, 3.05) is 33.3 Å². The average Bonchev–Trinajstić information content (AvgIpc) is 2.39. The number of halogens is 2. The van der Waals surface area contributed by atoms with Crippen LogP contribution in [0.25, 0.3) is 0 Å². The van der Waals surface area contributed by atoms with E-state index < -0.39 is 0 Å². The molecule has 106 valence electrons. The second-order valence-electron chi connectivity index (χ2n) is 4.81. The van der Waals surface area contributed by atoms with Crippen LogP contribution >= 0.6 is 11.6 Å². The minimum atomic E-state index is -0.228. The molecule has 1 saturated heterocycles. The molecule has 1 aromatic rings. The van der Waals surface area contributed by atoms with Crippen molar-refractivity contribution in [2.45, 2.75) is 19.1 Å². The average molecular weight is 287 g/mol. The Morgan fingerprint density at radius 3 is 3.05 bits per heavy atom. The molecule has 1 aromatic carbocycles. The highest BCUT2D eigenvalue weighted by molar-refractivity contribution is 6.30. The third-order valence-electron chi connectivity index (χ3n) is 3.48. The number of likely N-dealkylation sites (N-methyl/N-ethyl adjacent to an activating group) is 2. The summed E-state index contributed by atoms with van der Waals surface area (Å²) in [5.74, 6) is -0.228. The van der Waals surface area contributed by atoms with Gasteiger partial charge in [0.2, 0.25) is 0 Å². The lowest BCUT2D eigenvalue weighted by atomic mass is 9.97. The van der Waals surface area contributed by atoms with E-state index in [9.17, 15) is 4.39 Å². The largest absolute Gasteiger partial charge is 0.374 e. The minimum absolute atomic E-state index is 0.0633. The van der Waals surface area contributed by atoms with Crippen molar-refractivity contribution >= 4 is 11.6 Å². The Hall–Kier alpha value is -0.680. The van der Waals surface area contributed by atoms with Crippen LogP contribution in [0.2, 0.25) is 5.02 Å². The molecule has 19 heavy (non-hydrogen) atoms. The fourth-order valence-electron chi connectivity index (χ4n) is 2.50. The number of hydrogen-bond acceptors (Lipinski definition) is 3. The van der Waals surface area contributed by atoms with Crippen LogP contribution in [0.15, 0.2) is 18.2 Å². The second kappa shape index (κ2) is 6.66. The van der Waals surface area contributed by atoms with Crippen LogP contribution in [0, 0.1) is 5.82 Å². The monoisotopic (exact) mass is 286 g/mol. The first kappa shape index (κ1) is 14.7. The molecule has 0 saturated carbocycles. The quantitative estimate of drug-likeness (QED) is 0.920. The van der Waals surface area contributed by atoms with Gasteiger partial charge in [0.15, 0.2) is 0 Å². The number of ether oxygens (including phenoxy) is 1. The lowest BCUT2D eigenvalue weighted by Crippen LogP contribution is -2.47. The molecule has 0 aromatic heterocycles. The highest BCUT2D eigenvalue weighted by atomic mass is 35.5. The van der Waals surface area contributed by atoms with E-state index in [1.54, 1.807) is 12.1 Å². The van der Waals surface area contributed by atoms with Crippen molar-refractivity contribution in [3.05, 3.63) is 34.6 Å². The lowest BCUT2D eigenvalue weighted by Gasteiger charge is -2.39. The number of hydrogen-bond donors (Lipinski definition) is 1. The van der Waals surface area contributed by atoms with Gasteiger partial charge in [-0.3, -0.25) is 4.90 Å². The molecular formula is C14H20ClFN2O. The standard InChI is InChI=1S/C14H20ClFN2O/c1-3-17-9-13-14(18(2)6-7-19-13)11-8-10(15)4-5-12(11)16/h4-5,8,13-14,17H,3,6-7,9H2,1-2H3. The molecule has 0 amide bonds. The molecular weight excluding hydrogens is 267 g/mol. The summed E-state index contributed by atoms with van der Waals surface area (Å²) in [7, 11) is 1.99. The molecule has 1 fully saturated rings. The van der Waals surface area contributed by atoms with Gasteiger partial charge in [-0.2, -0.15) is 0 Å². The Morgan fingerprint density at radius 2 is 2.32 bits per heavy atom. The smallest absolute Gasteiger partial charge is 0.128 e. The Kier molecular flexibility index (Phi) is 5.16. The van der Waals surface area contributed by atoms with Crippen LogP contribution in [-0.2, 0) is 4.74 Å². The van der Waals surface area contributed by atoms with E-state index in [0.29, 0.717) is 23.7 Å². The predicted octanol–water partition coefficient (Wildman–Crippen LogP) is 2.46. The zero-order valence-corrected chi connectivity index (χ0v) is 12.1. The van der Waals surface area contributed by atoms with Gasteiger partial charge in [0.25, 0.3) is 0 Å². The van der Waals surface area contributed by atoms with Gasteiger partial charge in [-0.15, -0.1) is 0 Å². The Morgan fingerprint density at radius 1 is 1.53 bits per heavy atom. The number of rotatable bonds is 4. The van der Waals surface area contributed by atoms with E-state index in [-0.39, 0.29) is 18.0 Å². The first-order valence-corrected chi connectivity index (χ1v) is 6.98. The van der Waals surface area contributed by atoms with Crippen LogP contribution in [-0.4, -0.2) is 44.3 Å². The first-order valence-electron chi connectivity index (χ1n) is 6.61. The van der Waals surface area contributed by atoms with E-state index in [1.165, 1.54) is 6.07 Å². The van der Waals surface area contributed by atoms with Crippen molar-refractivity contribution in [1.82, 2.24) is 10.2 Å². The summed E-state index contributed by atoms with van der Waals surface area (Å²) in [6, 6.07) is 4.59. The van der Waals surface area contributed by atoms with Gasteiger partial charge in [-0.05, 0) is 31.8 Å². The molecule has 0 radical (unpaired) electrons. The fourth-order valence-corrected chi connectivity index (χ4v) is 2.68. The Balaban J connectivity index is 2.27. The third kappa shape index (κ3) is 3.45. The molecule has 1 N–H and O–H groups in total. The van der Waals surface area contributed by atoms with Crippen molar-refractivity contribution in [2.24, 2.45) is 0 Å². The summed E-state index contributed by atoms with van der Waals surface area (Å²) in [6.07, 6.45) is -0.0633. The van der Waals surface area contributed by atoms with E-state index in [2.05, 4.69) is 10.2 Å². The van der Waals surface area contributed by atoms with E-state index in [0.717, 1.165) is 13.1 Å². The number of nitrogens with zero attached hydrogens (tertiary/aromatic N) is 1. The Bertz CT molecular complexity index is 430. The van der Waals surface area contributed by atoms with Crippen LogP contribution < -0.4 is 5.32 Å². The summed E-state index contributed by atoms with van der Waals surface area (Å²) >= 11 is 5.99. The third-order valence-corrected chi connectivity index (χ3v) is 3.71. The SMILES string of the molecule is CCNCC1OCCN(C)C1c1cc(Cl)ccc1F. The summed E-state index contributed by atoms with van der Waals surface area (Å²) in [5, 5.41) is 3.82. The van der Waals surface area contributed by atoms with Crippen molar-refractivity contribution in [3.63, 3.8) is 0 Å². The predicted molar refractivity (Wildman–Crippen MR) is 75.1 cm³/mol. The van der Waals surface area contributed by atoms with E-state index in [4.69, 9.17) is 16.3 Å². The summed E-state index contributed by atoms with van der Waals surface area (Å²) in [6.45, 7) is 5.08. The maximum atomic E-state index is 14.1. The van der Waals surface area contributed by atoms with Gasteiger partial charge in [0.1, 0.15) is 5.82 Å². The molecule has 1 aliphatic rings. The topological polar surface area (TPSA) is 24.5 Å². The highest BCUT2D eigenvalue weighted by Gasteiger charge is 2.33. The van der Waals surface area contributed by atoms with Crippen LogP contribution in [0.3, 0.4) is 0 Å². The van der Waals surface area contributed by atoms with Gasteiger partial charge in [0, 0.05) is 23.7 Å². The highest BCUT2D eigenvalue weighted by Crippen LogP contribution is 2.31. The van der Waals surface area contributed by atoms with Crippen LogP contribution in [0.5, 0.6) is 0 Å². The normalized spacial score (nSPS) is 24.6.